The van der Waals surface area contributed by atoms with E-state index in [4.69, 9.17) is 11.6 Å². The molecule has 2 aromatic rings. The maximum absolute atomic E-state index is 13.5. The van der Waals surface area contributed by atoms with Crippen LogP contribution in [0.15, 0.2) is 53.0 Å². The van der Waals surface area contributed by atoms with Gasteiger partial charge in [0.2, 0.25) is 21.8 Å². The van der Waals surface area contributed by atoms with Gasteiger partial charge in [0.1, 0.15) is 12.6 Å². The molecule has 0 spiro atoms. The number of nitrogens with zero attached hydrogens (tertiary/aromatic N) is 2. The predicted molar refractivity (Wildman–Crippen MR) is 136 cm³/mol. The van der Waals surface area contributed by atoms with Crippen LogP contribution in [-0.2, 0) is 26.2 Å². The molecule has 2 rings (SSSR count). The Bertz CT molecular complexity index is 1100. The van der Waals surface area contributed by atoms with Crippen molar-refractivity contribution in [1.82, 2.24) is 10.2 Å². The second kappa shape index (κ2) is 11.9. The highest BCUT2D eigenvalue weighted by Gasteiger charge is 2.30. The molecular weight excluding hydrogens is 530 g/mol. The van der Waals surface area contributed by atoms with Crippen LogP contribution < -0.4 is 9.62 Å². The lowest BCUT2D eigenvalue weighted by Crippen LogP contribution is -2.52. The fourth-order valence-electron chi connectivity index (χ4n) is 3.10. The van der Waals surface area contributed by atoms with E-state index in [1.807, 2.05) is 13.8 Å². The van der Waals surface area contributed by atoms with E-state index in [0.717, 1.165) is 17.0 Å². The van der Waals surface area contributed by atoms with E-state index in [1.54, 1.807) is 55.5 Å². The quantitative estimate of drug-likeness (QED) is 0.474. The molecule has 1 N–H and O–H groups in total. The van der Waals surface area contributed by atoms with Crippen LogP contribution >= 0.6 is 27.5 Å². The van der Waals surface area contributed by atoms with Crippen molar-refractivity contribution >= 4 is 55.1 Å². The van der Waals surface area contributed by atoms with Crippen molar-refractivity contribution in [2.45, 2.75) is 45.8 Å². The van der Waals surface area contributed by atoms with Crippen molar-refractivity contribution in [3.8, 4) is 0 Å². The van der Waals surface area contributed by atoms with Gasteiger partial charge in [0.25, 0.3) is 0 Å². The number of nitrogens with one attached hydrogen (secondary N) is 1. The smallest absolute Gasteiger partial charge is 0.244 e. The van der Waals surface area contributed by atoms with Gasteiger partial charge >= 0.3 is 0 Å². The summed E-state index contributed by atoms with van der Waals surface area (Å²) < 4.78 is 26.8. The molecule has 0 aromatic heterocycles. The number of hydrogen-bond donors (Lipinski definition) is 1. The molecule has 0 aliphatic carbocycles. The first kappa shape index (κ1) is 27.1. The number of benzene rings is 2. The maximum atomic E-state index is 13.5. The molecule has 7 nitrogen and oxygen atoms in total. The zero-order chi connectivity index (χ0) is 24.8. The Morgan fingerprint density at radius 1 is 1.12 bits per heavy atom. The number of hydrogen-bond acceptors (Lipinski definition) is 4. The Morgan fingerprint density at radius 2 is 1.79 bits per heavy atom. The zero-order valence-electron chi connectivity index (χ0n) is 19.1. The Kier molecular flexibility index (Phi) is 9.75. The second-order valence-corrected chi connectivity index (χ2v) is 11.1. The first-order valence-electron chi connectivity index (χ1n) is 10.5. The predicted octanol–water partition coefficient (Wildman–Crippen LogP) is 4.20. The third-order valence-electron chi connectivity index (χ3n) is 5.24. The van der Waals surface area contributed by atoms with Gasteiger partial charge in [-0.1, -0.05) is 58.7 Å². The summed E-state index contributed by atoms with van der Waals surface area (Å²) in [4.78, 5) is 27.7. The molecule has 0 aliphatic rings. The minimum Gasteiger partial charge on any atom is -0.352 e. The summed E-state index contributed by atoms with van der Waals surface area (Å²) in [5, 5.41) is 3.34. The minimum absolute atomic E-state index is 0.0592. The second-order valence-electron chi connectivity index (χ2n) is 7.86. The van der Waals surface area contributed by atoms with Gasteiger partial charge in [0, 0.05) is 22.1 Å². The van der Waals surface area contributed by atoms with Crippen molar-refractivity contribution < 1.29 is 18.0 Å². The van der Waals surface area contributed by atoms with Gasteiger partial charge in [-0.25, -0.2) is 8.42 Å². The first-order chi connectivity index (χ1) is 15.4. The van der Waals surface area contributed by atoms with Gasteiger partial charge in [-0.15, -0.1) is 0 Å². The number of carbonyl (C=O) groups excluding carboxylic acids is 2. The molecule has 0 saturated heterocycles. The van der Waals surface area contributed by atoms with E-state index < -0.39 is 28.5 Å². The SMILES string of the molecule is CC[C@@H](C)NC(=O)[C@@H](C)N(Cc1ccccc1Cl)C(=O)CN(c1cccc(Br)c1)S(C)(=O)=O. The molecule has 0 bridgehead atoms. The van der Waals surface area contributed by atoms with Gasteiger partial charge < -0.3 is 10.2 Å². The number of halogens is 2. The lowest BCUT2D eigenvalue weighted by atomic mass is 10.1. The first-order valence-corrected chi connectivity index (χ1v) is 13.5. The van der Waals surface area contributed by atoms with Gasteiger partial charge in [0.05, 0.1) is 11.9 Å². The van der Waals surface area contributed by atoms with E-state index in [1.165, 1.54) is 4.90 Å². The number of anilines is 1. The van der Waals surface area contributed by atoms with Crippen molar-refractivity contribution in [3.63, 3.8) is 0 Å². The molecule has 180 valence electrons. The highest BCUT2D eigenvalue weighted by atomic mass is 79.9. The van der Waals surface area contributed by atoms with Crippen LogP contribution in [0.25, 0.3) is 0 Å². The summed E-state index contributed by atoms with van der Waals surface area (Å²) in [5.74, 6) is -0.842. The Morgan fingerprint density at radius 3 is 2.36 bits per heavy atom. The molecule has 0 unspecified atom stereocenters. The average Bonchev–Trinajstić information content (AvgIpc) is 2.75. The summed E-state index contributed by atoms with van der Waals surface area (Å²) in [6.45, 7) is 5.05. The van der Waals surface area contributed by atoms with E-state index in [0.29, 0.717) is 20.7 Å². The molecule has 0 aliphatic heterocycles. The molecule has 0 saturated carbocycles. The lowest BCUT2D eigenvalue weighted by molar-refractivity contribution is -0.139. The molecule has 0 fully saturated rings. The van der Waals surface area contributed by atoms with Crippen LogP contribution in [0, 0.1) is 0 Å². The topological polar surface area (TPSA) is 86.8 Å². The molecule has 2 amide bonds. The third kappa shape index (κ3) is 7.72. The standard InChI is InChI=1S/C23H29BrClN3O4S/c1-5-16(2)26-23(30)17(3)27(14-18-9-6-7-12-21(18)25)22(29)15-28(33(4,31)32)20-11-8-10-19(24)13-20/h6-13,16-17H,5,14-15H2,1-4H3,(H,26,30)/t16-,17-/m1/s1. The lowest BCUT2D eigenvalue weighted by Gasteiger charge is -2.32. The van der Waals surface area contributed by atoms with Gasteiger partial charge in [0.15, 0.2) is 0 Å². The summed E-state index contributed by atoms with van der Waals surface area (Å²) in [6, 6.07) is 12.8. The molecule has 10 heteroatoms. The molecule has 0 heterocycles. The average molecular weight is 559 g/mol. The molecule has 2 aromatic carbocycles. The van der Waals surface area contributed by atoms with E-state index in [2.05, 4.69) is 21.2 Å². The van der Waals surface area contributed by atoms with Gasteiger partial charge in [-0.2, -0.15) is 0 Å². The Labute approximate surface area is 209 Å². The summed E-state index contributed by atoms with van der Waals surface area (Å²) >= 11 is 9.64. The largest absolute Gasteiger partial charge is 0.352 e. The molecule has 0 radical (unpaired) electrons. The van der Waals surface area contributed by atoms with Crippen molar-refractivity contribution in [2.75, 3.05) is 17.1 Å². The van der Waals surface area contributed by atoms with Crippen LogP contribution in [0.4, 0.5) is 5.69 Å². The van der Waals surface area contributed by atoms with E-state index in [-0.39, 0.29) is 18.5 Å². The number of amides is 2. The van der Waals surface area contributed by atoms with Crippen LogP contribution in [-0.4, -0.2) is 50.0 Å². The molecular formula is C23H29BrClN3O4S. The van der Waals surface area contributed by atoms with Crippen LogP contribution in [0.1, 0.15) is 32.8 Å². The van der Waals surface area contributed by atoms with Crippen molar-refractivity contribution in [1.29, 1.82) is 0 Å². The Balaban J connectivity index is 2.40. The fraction of sp³-hybridized carbons (Fsp3) is 0.391. The van der Waals surface area contributed by atoms with Crippen molar-refractivity contribution in [3.05, 3.63) is 63.6 Å². The van der Waals surface area contributed by atoms with Gasteiger partial charge in [-0.3, -0.25) is 13.9 Å². The highest BCUT2D eigenvalue weighted by molar-refractivity contribution is 9.10. The van der Waals surface area contributed by atoms with Crippen LogP contribution in [0.3, 0.4) is 0 Å². The zero-order valence-corrected chi connectivity index (χ0v) is 22.2. The third-order valence-corrected chi connectivity index (χ3v) is 7.24. The highest BCUT2D eigenvalue weighted by Crippen LogP contribution is 2.24. The van der Waals surface area contributed by atoms with E-state index >= 15 is 0 Å². The number of sulfonamides is 1. The maximum Gasteiger partial charge on any atom is 0.244 e. The van der Waals surface area contributed by atoms with Crippen LogP contribution in [0.2, 0.25) is 5.02 Å². The normalized spacial score (nSPS) is 13.2. The molecule has 33 heavy (non-hydrogen) atoms. The summed E-state index contributed by atoms with van der Waals surface area (Å²) in [7, 11) is -3.77. The minimum atomic E-state index is -3.77. The Hall–Kier alpha value is -2.10. The van der Waals surface area contributed by atoms with Crippen LogP contribution in [0.5, 0.6) is 0 Å². The fourth-order valence-corrected chi connectivity index (χ4v) is 4.53. The number of rotatable bonds is 10. The summed E-state index contributed by atoms with van der Waals surface area (Å²) in [6.07, 6.45) is 1.78. The van der Waals surface area contributed by atoms with E-state index in [9.17, 15) is 18.0 Å². The van der Waals surface area contributed by atoms with Crippen molar-refractivity contribution in [2.24, 2.45) is 0 Å². The number of carbonyl (C=O) groups is 2. The summed E-state index contributed by atoms with van der Waals surface area (Å²) in [5.41, 5.74) is 0.999. The van der Waals surface area contributed by atoms with Gasteiger partial charge in [-0.05, 0) is 50.1 Å². The molecule has 2 atom stereocenters. The monoisotopic (exact) mass is 557 g/mol.